The first-order valence-electron chi connectivity index (χ1n) is 5.78. The Hall–Kier alpha value is -1.57. The fraction of sp³-hybridized carbons (Fsp3) is 0.357. The van der Waals surface area contributed by atoms with Crippen molar-refractivity contribution < 1.29 is 4.79 Å². The Morgan fingerprint density at radius 3 is 2.69 bits per heavy atom. The number of fused-ring (bicyclic) bond motifs is 1. The molecule has 1 aliphatic rings. The van der Waals surface area contributed by atoms with Gasteiger partial charge in [-0.1, -0.05) is 11.6 Å². The highest BCUT2D eigenvalue weighted by molar-refractivity contribution is 6.00. The molecule has 2 nitrogen and oxygen atoms in total. The minimum absolute atomic E-state index is 0.590. The summed E-state index contributed by atoms with van der Waals surface area (Å²) >= 11 is 0. The van der Waals surface area contributed by atoms with E-state index in [4.69, 9.17) is 0 Å². The Kier molecular flexibility index (Phi) is 1.93. The second-order valence-corrected chi connectivity index (χ2v) is 4.85. The number of carbonyl (C=O) groups excluding carboxylic acids is 1. The van der Waals surface area contributed by atoms with Gasteiger partial charge in [0, 0.05) is 22.2 Å². The van der Waals surface area contributed by atoms with E-state index in [9.17, 15) is 4.79 Å². The van der Waals surface area contributed by atoms with Crippen LogP contribution in [0, 0.1) is 13.8 Å². The maximum Gasteiger partial charge on any atom is 0.152 e. The zero-order valence-electron chi connectivity index (χ0n) is 9.63. The quantitative estimate of drug-likeness (QED) is 0.761. The topological polar surface area (TPSA) is 32.9 Å². The Balaban J connectivity index is 2.37. The molecule has 1 heterocycles. The molecule has 0 spiro atoms. The summed E-state index contributed by atoms with van der Waals surface area (Å²) in [6, 6.07) is 4.26. The lowest BCUT2D eigenvalue weighted by Crippen LogP contribution is -1.86. The van der Waals surface area contributed by atoms with Gasteiger partial charge in [-0.3, -0.25) is 4.79 Å². The standard InChI is InChI=1S/C14H15NO/c1-8-5-9(2)13-11(6-8)12(7-16)14(15-13)10-3-4-10/h5-7,10,15H,3-4H2,1-2H3. The van der Waals surface area contributed by atoms with Gasteiger partial charge in [-0.2, -0.15) is 0 Å². The molecule has 82 valence electrons. The average Bonchev–Trinajstić information content (AvgIpc) is 3.00. The van der Waals surface area contributed by atoms with E-state index in [-0.39, 0.29) is 0 Å². The third-order valence-corrected chi connectivity index (χ3v) is 3.42. The zero-order chi connectivity index (χ0) is 11.3. The number of hydrogen-bond acceptors (Lipinski definition) is 1. The lowest BCUT2D eigenvalue weighted by Gasteiger charge is -1.98. The normalized spacial score (nSPS) is 15.6. The van der Waals surface area contributed by atoms with E-state index >= 15 is 0 Å². The van der Waals surface area contributed by atoms with Crippen LogP contribution in [0.4, 0.5) is 0 Å². The number of aromatic nitrogens is 1. The molecule has 3 rings (SSSR count). The number of rotatable bonds is 2. The van der Waals surface area contributed by atoms with Crippen molar-refractivity contribution in [3.8, 4) is 0 Å². The van der Waals surface area contributed by atoms with E-state index in [0.29, 0.717) is 5.92 Å². The van der Waals surface area contributed by atoms with Crippen molar-refractivity contribution in [3.05, 3.63) is 34.5 Å². The van der Waals surface area contributed by atoms with Gasteiger partial charge in [-0.25, -0.2) is 0 Å². The summed E-state index contributed by atoms with van der Waals surface area (Å²) in [5.41, 5.74) is 5.61. The van der Waals surface area contributed by atoms with Crippen LogP contribution in [0.3, 0.4) is 0 Å². The van der Waals surface area contributed by atoms with Crippen LogP contribution in [0.5, 0.6) is 0 Å². The molecule has 0 saturated heterocycles. The van der Waals surface area contributed by atoms with Gasteiger partial charge in [0.25, 0.3) is 0 Å². The molecule has 2 heteroatoms. The Bertz CT molecular complexity index is 576. The molecule has 1 N–H and O–H groups in total. The van der Waals surface area contributed by atoms with Crippen LogP contribution >= 0.6 is 0 Å². The molecule has 0 radical (unpaired) electrons. The van der Waals surface area contributed by atoms with Crippen LogP contribution in [0.15, 0.2) is 12.1 Å². The molecule has 0 atom stereocenters. The second kappa shape index (κ2) is 3.21. The number of carbonyl (C=O) groups is 1. The Labute approximate surface area is 94.7 Å². The van der Waals surface area contributed by atoms with Crippen molar-refractivity contribution in [1.82, 2.24) is 4.98 Å². The maximum atomic E-state index is 11.2. The number of H-pyrrole nitrogens is 1. The minimum Gasteiger partial charge on any atom is -0.357 e. The summed E-state index contributed by atoms with van der Waals surface area (Å²) in [5.74, 6) is 0.590. The van der Waals surface area contributed by atoms with Crippen LogP contribution in [0.1, 0.15) is 45.9 Å². The van der Waals surface area contributed by atoms with Crippen molar-refractivity contribution >= 4 is 17.2 Å². The van der Waals surface area contributed by atoms with Crippen molar-refractivity contribution in [2.45, 2.75) is 32.6 Å². The predicted octanol–water partition coefficient (Wildman–Crippen LogP) is 3.47. The number of hydrogen-bond donors (Lipinski definition) is 1. The molecule has 16 heavy (non-hydrogen) atoms. The van der Waals surface area contributed by atoms with E-state index in [1.54, 1.807) is 0 Å². The molecular formula is C14H15NO. The molecule has 1 aromatic carbocycles. The molecule has 1 saturated carbocycles. The fourth-order valence-electron chi connectivity index (χ4n) is 2.51. The van der Waals surface area contributed by atoms with Crippen molar-refractivity contribution in [2.24, 2.45) is 0 Å². The highest BCUT2D eigenvalue weighted by Gasteiger charge is 2.29. The molecule has 0 unspecified atom stereocenters. The molecule has 0 amide bonds. The number of nitrogens with one attached hydrogen (secondary N) is 1. The van der Waals surface area contributed by atoms with E-state index in [1.807, 2.05) is 0 Å². The molecular weight excluding hydrogens is 198 g/mol. The first-order valence-corrected chi connectivity index (χ1v) is 5.78. The second-order valence-electron chi connectivity index (χ2n) is 4.85. The van der Waals surface area contributed by atoms with Gasteiger partial charge in [-0.05, 0) is 44.2 Å². The van der Waals surface area contributed by atoms with Crippen LogP contribution < -0.4 is 0 Å². The van der Waals surface area contributed by atoms with Gasteiger partial charge >= 0.3 is 0 Å². The number of benzene rings is 1. The van der Waals surface area contributed by atoms with E-state index in [1.165, 1.54) is 24.0 Å². The minimum atomic E-state index is 0.590. The third kappa shape index (κ3) is 1.29. The van der Waals surface area contributed by atoms with Gasteiger partial charge in [0.05, 0.1) is 0 Å². The van der Waals surface area contributed by atoms with Crippen molar-refractivity contribution in [3.63, 3.8) is 0 Å². The number of aldehydes is 1. The summed E-state index contributed by atoms with van der Waals surface area (Å²) in [7, 11) is 0. The molecule has 0 aliphatic heterocycles. The summed E-state index contributed by atoms with van der Waals surface area (Å²) < 4.78 is 0. The Morgan fingerprint density at radius 2 is 2.06 bits per heavy atom. The maximum absolute atomic E-state index is 11.2. The summed E-state index contributed by atoms with van der Waals surface area (Å²) in [6.45, 7) is 4.17. The summed E-state index contributed by atoms with van der Waals surface area (Å²) in [5, 5.41) is 1.09. The van der Waals surface area contributed by atoms with E-state index in [0.717, 1.165) is 28.4 Å². The van der Waals surface area contributed by atoms with E-state index < -0.39 is 0 Å². The SMILES string of the molecule is Cc1cc(C)c2[nH]c(C3CC3)c(C=O)c2c1. The fourth-order valence-corrected chi connectivity index (χ4v) is 2.51. The first-order chi connectivity index (χ1) is 7.70. The van der Waals surface area contributed by atoms with Crippen LogP contribution in [0.25, 0.3) is 10.9 Å². The first kappa shape index (κ1) is 9.64. The predicted molar refractivity (Wildman–Crippen MR) is 65.1 cm³/mol. The Morgan fingerprint density at radius 1 is 1.31 bits per heavy atom. The average molecular weight is 213 g/mol. The van der Waals surface area contributed by atoms with Gasteiger partial charge in [-0.15, -0.1) is 0 Å². The number of aryl methyl sites for hydroxylation is 2. The van der Waals surface area contributed by atoms with Gasteiger partial charge < -0.3 is 4.98 Å². The van der Waals surface area contributed by atoms with E-state index in [2.05, 4.69) is 31.0 Å². The largest absolute Gasteiger partial charge is 0.357 e. The molecule has 1 fully saturated rings. The highest BCUT2D eigenvalue weighted by atomic mass is 16.1. The van der Waals surface area contributed by atoms with Crippen LogP contribution in [0.2, 0.25) is 0 Å². The number of aromatic amines is 1. The summed E-state index contributed by atoms with van der Waals surface area (Å²) in [6.07, 6.45) is 3.43. The lowest BCUT2D eigenvalue weighted by molar-refractivity contribution is 0.112. The van der Waals surface area contributed by atoms with Crippen molar-refractivity contribution in [2.75, 3.05) is 0 Å². The van der Waals surface area contributed by atoms with Crippen molar-refractivity contribution in [1.29, 1.82) is 0 Å². The van der Waals surface area contributed by atoms with Gasteiger partial charge in [0.1, 0.15) is 0 Å². The van der Waals surface area contributed by atoms with Crippen LogP contribution in [-0.2, 0) is 0 Å². The summed E-state index contributed by atoms with van der Waals surface area (Å²) in [4.78, 5) is 14.7. The molecule has 0 bridgehead atoms. The molecule has 1 aliphatic carbocycles. The zero-order valence-corrected chi connectivity index (χ0v) is 9.63. The van der Waals surface area contributed by atoms with Gasteiger partial charge in [0.15, 0.2) is 6.29 Å². The third-order valence-electron chi connectivity index (χ3n) is 3.42. The lowest BCUT2D eigenvalue weighted by atomic mass is 10.0. The monoisotopic (exact) mass is 213 g/mol. The van der Waals surface area contributed by atoms with Crippen LogP contribution in [-0.4, -0.2) is 11.3 Å². The highest BCUT2D eigenvalue weighted by Crippen LogP contribution is 2.43. The molecule has 2 aromatic rings. The van der Waals surface area contributed by atoms with Gasteiger partial charge in [0.2, 0.25) is 0 Å². The molecule has 1 aromatic heterocycles. The smallest absolute Gasteiger partial charge is 0.152 e.